The van der Waals surface area contributed by atoms with Crippen LogP contribution in [0.15, 0.2) is 50.4 Å². The van der Waals surface area contributed by atoms with Gasteiger partial charge in [-0.15, -0.1) is 11.3 Å². The van der Waals surface area contributed by atoms with E-state index >= 15 is 0 Å². The van der Waals surface area contributed by atoms with Gasteiger partial charge < -0.3 is 4.42 Å². The Morgan fingerprint density at radius 2 is 1.62 bits per heavy atom. The van der Waals surface area contributed by atoms with E-state index in [1.807, 2.05) is 0 Å². The van der Waals surface area contributed by atoms with Crippen LogP contribution in [0.3, 0.4) is 0 Å². The van der Waals surface area contributed by atoms with Crippen molar-refractivity contribution in [2.24, 2.45) is 0 Å². The maximum absolute atomic E-state index is 12.6. The fourth-order valence-electron chi connectivity index (χ4n) is 2.75. The first-order valence-electron chi connectivity index (χ1n) is 8.53. The summed E-state index contributed by atoms with van der Waals surface area (Å²) in [6, 6.07) is 9.19. The lowest BCUT2D eigenvalue weighted by Gasteiger charge is -2.12. The van der Waals surface area contributed by atoms with E-state index in [9.17, 15) is 18.0 Å². The van der Waals surface area contributed by atoms with E-state index in [-0.39, 0.29) is 15.5 Å². The molecule has 1 aromatic carbocycles. The van der Waals surface area contributed by atoms with Gasteiger partial charge in [0.1, 0.15) is 15.7 Å². The molecule has 8 nitrogen and oxygen atoms in total. The zero-order chi connectivity index (χ0) is 21.2. The lowest BCUT2D eigenvalue weighted by atomic mass is 10.1. The molecule has 0 atom stereocenters. The van der Waals surface area contributed by atoms with Gasteiger partial charge in [0.2, 0.25) is 0 Å². The minimum atomic E-state index is -3.82. The van der Waals surface area contributed by atoms with Crippen LogP contribution in [0.25, 0.3) is 0 Å². The van der Waals surface area contributed by atoms with Gasteiger partial charge in [0.05, 0.1) is 16.8 Å². The fraction of sp³-hybridized carbons (Fsp3) is 0.158. The average Bonchev–Trinajstić information content (AvgIpc) is 3.29. The molecule has 0 aliphatic carbocycles. The third kappa shape index (κ3) is 4.33. The molecule has 10 heteroatoms. The molecule has 0 aliphatic rings. The molecule has 2 amide bonds. The highest BCUT2D eigenvalue weighted by atomic mass is 32.2. The summed E-state index contributed by atoms with van der Waals surface area (Å²) in [5, 5.41) is 1.64. The minimum absolute atomic E-state index is 0.0600. The highest BCUT2D eigenvalue weighted by Crippen LogP contribution is 2.23. The van der Waals surface area contributed by atoms with Crippen molar-refractivity contribution in [1.29, 1.82) is 0 Å². The molecular weight excluding hydrogens is 414 g/mol. The van der Waals surface area contributed by atoms with Crippen molar-refractivity contribution < 1.29 is 22.4 Å². The van der Waals surface area contributed by atoms with Crippen molar-refractivity contribution in [3.8, 4) is 0 Å². The largest absolute Gasteiger partial charge is 0.466 e. The van der Waals surface area contributed by atoms with Crippen molar-refractivity contribution in [1.82, 2.24) is 10.9 Å². The molecule has 3 rings (SSSR count). The molecule has 3 N–H and O–H groups in total. The number of amides is 2. The second-order valence-electron chi connectivity index (χ2n) is 6.21. The molecule has 3 aromatic rings. The smallest absolute Gasteiger partial charge is 0.273 e. The molecule has 0 radical (unpaired) electrons. The van der Waals surface area contributed by atoms with Gasteiger partial charge >= 0.3 is 0 Å². The summed E-state index contributed by atoms with van der Waals surface area (Å²) in [6.45, 7) is 5.15. The number of benzene rings is 1. The summed E-state index contributed by atoms with van der Waals surface area (Å²) in [7, 11) is -3.82. The fourth-order valence-corrected chi connectivity index (χ4v) is 4.83. The van der Waals surface area contributed by atoms with Crippen molar-refractivity contribution in [3.63, 3.8) is 0 Å². The second-order valence-corrected chi connectivity index (χ2v) is 9.06. The molecule has 152 valence electrons. The van der Waals surface area contributed by atoms with Crippen LogP contribution in [0.2, 0.25) is 0 Å². The predicted octanol–water partition coefficient (Wildman–Crippen LogP) is 3.14. The van der Waals surface area contributed by atoms with Crippen molar-refractivity contribution >= 4 is 38.9 Å². The van der Waals surface area contributed by atoms with Crippen LogP contribution in [-0.2, 0) is 10.0 Å². The van der Waals surface area contributed by atoms with E-state index in [1.165, 1.54) is 18.2 Å². The number of para-hydroxylation sites is 1. The number of nitrogens with one attached hydrogen (secondary N) is 3. The molecule has 2 heterocycles. The molecule has 0 bridgehead atoms. The summed E-state index contributed by atoms with van der Waals surface area (Å²) < 4.78 is 32.9. The van der Waals surface area contributed by atoms with Crippen molar-refractivity contribution in [3.05, 3.63) is 70.0 Å². The van der Waals surface area contributed by atoms with Gasteiger partial charge in [-0.2, -0.15) is 0 Å². The summed E-state index contributed by atoms with van der Waals surface area (Å²) in [4.78, 5) is 25.0. The number of carbonyl (C=O) groups is 2. The van der Waals surface area contributed by atoms with E-state index < -0.39 is 21.8 Å². The van der Waals surface area contributed by atoms with Crippen LogP contribution < -0.4 is 15.6 Å². The molecule has 2 aromatic heterocycles. The lowest BCUT2D eigenvalue weighted by Crippen LogP contribution is -2.42. The van der Waals surface area contributed by atoms with Gasteiger partial charge in [-0.1, -0.05) is 18.2 Å². The van der Waals surface area contributed by atoms with E-state index in [2.05, 4.69) is 15.6 Å². The SMILES string of the molecule is Cc1oc(C)c(C(=O)NNC(=O)c2ccccc2NS(=O)(=O)c2cccs2)c1C. The normalized spacial score (nSPS) is 11.1. The molecule has 0 aliphatic heterocycles. The third-order valence-electron chi connectivity index (χ3n) is 4.25. The van der Waals surface area contributed by atoms with Crippen molar-refractivity contribution in [2.75, 3.05) is 4.72 Å². The first-order valence-corrected chi connectivity index (χ1v) is 10.9. The number of sulfonamides is 1. The number of anilines is 1. The van der Waals surface area contributed by atoms with Crippen LogP contribution in [-0.4, -0.2) is 20.2 Å². The molecule has 0 unspecified atom stereocenters. The Morgan fingerprint density at radius 1 is 0.931 bits per heavy atom. The van der Waals surface area contributed by atoms with E-state index in [4.69, 9.17) is 4.42 Å². The maximum atomic E-state index is 12.6. The first-order chi connectivity index (χ1) is 13.7. The molecular formula is C19H19N3O5S2. The van der Waals surface area contributed by atoms with Gasteiger partial charge in [0, 0.05) is 5.56 Å². The number of hydrazine groups is 1. The number of rotatable bonds is 5. The highest BCUT2D eigenvalue weighted by Gasteiger charge is 2.21. The van der Waals surface area contributed by atoms with Gasteiger partial charge in [-0.3, -0.25) is 25.2 Å². The summed E-state index contributed by atoms with van der Waals surface area (Å²) >= 11 is 1.06. The van der Waals surface area contributed by atoms with E-state index in [0.29, 0.717) is 22.6 Å². The number of hydrogen-bond acceptors (Lipinski definition) is 6. The van der Waals surface area contributed by atoms with E-state index in [0.717, 1.165) is 11.3 Å². The van der Waals surface area contributed by atoms with Crippen LogP contribution in [0, 0.1) is 20.8 Å². The number of carbonyl (C=O) groups excluding carboxylic acids is 2. The molecule has 0 saturated heterocycles. The van der Waals surface area contributed by atoms with Crippen LogP contribution in [0.1, 0.15) is 37.8 Å². The summed E-state index contributed by atoms with van der Waals surface area (Å²) in [5.41, 5.74) is 5.82. The highest BCUT2D eigenvalue weighted by molar-refractivity contribution is 7.94. The van der Waals surface area contributed by atoms with Gasteiger partial charge in [-0.05, 0) is 44.4 Å². The quantitative estimate of drug-likeness (QED) is 0.534. The molecule has 0 spiro atoms. The average molecular weight is 434 g/mol. The zero-order valence-electron chi connectivity index (χ0n) is 15.9. The standard InChI is InChI=1S/C19H19N3O5S2/c1-11-12(2)27-13(3)17(11)19(24)21-20-18(23)14-7-4-5-8-15(14)22-29(25,26)16-9-6-10-28-16/h4-10,22H,1-3H3,(H,20,23)(H,21,24). The number of aryl methyl sites for hydroxylation is 2. The second kappa shape index (κ2) is 8.10. The molecule has 0 fully saturated rings. The van der Waals surface area contributed by atoms with Gasteiger partial charge in [0.25, 0.3) is 21.8 Å². The van der Waals surface area contributed by atoms with Gasteiger partial charge in [0.15, 0.2) is 0 Å². The number of furan rings is 1. The molecule has 0 saturated carbocycles. The van der Waals surface area contributed by atoms with Crippen molar-refractivity contribution in [2.45, 2.75) is 25.0 Å². The lowest BCUT2D eigenvalue weighted by molar-refractivity contribution is 0.0846. The Balaban J connectivity index is 1.76. The van der Waals surface area contributed by atoms with Gasteiger partial charge in [-0.25, -0.2) is 8.42 Å². The maximum Gasteiger partial charge on any atom is 0.273 e. The Morgan fingerprint density at radius 3 is 2.24 bits per heavy atom. The minimum Gasteiger partial charge on any atom is -0.466 e. The van der Waals surface area contributed by atoms with Crippen LogP contribution >= 0.6 is 11.3 Å². The Bertz CT molecular complexity index is 1160. The number of thiophene rings is 1. The third-order valence-corrected chi connectivity index (χ3v) is 7.02. The Kier molecular flexibility index (Phi) is 5.76. The number of hydrogen-bond donors (Lipinski definition) is 3. The van der Waals surface area contributed by atoms with Crippen LogP contribution in [0.5, 0.6) is 0 Å². The Labute approximate surface area is 172 Å². The molecule has 29 heavy (non-hydrogen) atoms. The monoisotopic (exact) mass is 433 g/mol. The van der Waals surface area contributed by atoms with Crippen LogP contribution in [0.4, 0.5) is 5.69 Å². The summed E-state index contributed by atoms with van der Waals surface area (Å²) in [5.74, 6) is -0.136. The first kappa shape index (κ1) is 20.6. The predicted molar refractivity (Wildman–Crippen MR) is 109 cm³/mol. The Hall–Kier alpha value is -3.11. The topological polar surface area (TPSA) is 118 Å². The zero-order valence-corrected chi connectivity index (χ0v) is 17.5. The summed E-state index contributed by atoms with van der Waals surface area (Å²) in [6.07, 6.45) is 0. The van der Waals surface area contributed by atoms with E-state index in [1.54, 1.807) is 44.4 Å².